The van der Waals surface area contributed by atoms with Crippen LogP contribution in [0.5, 0.6) is 0 Å². The molecular weight excluding hydrogens is 238 g/mol. The van der Waals surface area contributed by atoms with Gasteiger partial charge in [0.2, 0.25) is 5.91 Å². The molecule has 0 radical (unpaired) electrons. The largest absolute Gasteiger partial charge is 0.480 e. The molecule has 0 aromatic carbocycles. The molecule has 1 saturated heterocycles. The molecule has 1 atom stereocenters. The summed E-state index contributed by atoms with van der Waals surface area (Å²) in [4.78, 5) is 24.4. The maximum Gasteiger partial charge on any atom is 0.328 e. The first-order valence-corrected chi connectivity index (χ1v) is 5.79. The van der Waals surface area contributed by atoms with Crippen LogP contribution in [0.4, 0.5) is 0 Å². The summed E-state index contributed by atoms with van der Waals surface area (Å²) >= 11 is 0. The number of ether oxygens (including phenoxy) is 1. The summed E-state index contributed by atoms with van der Waals surface area (Å²) in [6.45, 7) is 0.787. The highest BCUT2D eigenvalue weighted by Crippen LogP contribution is 2.11. The molecule has 1 aliphatic rings. The van der Waals surface area contributed by atoms with Crippen molar-refractivity contribution in [1.29, 1.82) is 0 Å². The van der Waals surface area contributed by atoms with Crippen LogP contribution < -0.4 is 0 Å². The van der Waals surface area contributed by atoms with Gasteiger partial charge in [0.05, 0.1) is 25.7 Å². The van der Waals surface area contributed by atoms with Crippen LogP contribution >= 0.6 is 0 Å². The molecule has 0 spiro atoms. The van der Waals surface area contributed by atoms with E-state index in [9.17, 15) is 9.59 Å². The van der Waals surface area contributed by atoms with E-state index in [2.05, 4.69) is 0 Å². The fourth-order valence-electron chi connectivity index (χ4n) is 1.94. The second-order valence-electron chi connectivity index (χ2n) is 4.15. The quantitative estimate of drug-likeness (QED) is 0.846. The van der Waals surface area contributed by atoms with Crippen molar-refractivity contribution in [2.45, 2.75) is 18.9 Å². The smallest absolute Gasteiger partial charge is 0.328 e. The average molecular weight is 253 g/mol. The van der Waals surface area contributed by atoms with Crippen molar-refractivity contribution in [2.75, 3.05) is 19.8 Å². The zero-order chi connectivity index (χ0) is 13.0. The third-order valence-electron chi connectivity index (χ3n) is 2.94. The fourth-order valence-corrected chi connectivity index (χ4v) is 1.94. The first kappa shape index (κ1) is 12.6. The second kappa shape index (κ2) is 5.68. The van der Waals surface area contributed by atoms with E-state index in [1.54, 1.807) is 18.6 Å². The highest BCUT2D eigenvalue weighted by molar-refractivity contribution is 5.84. The van der Waals surface area contributed by atoms with E-state index in [4.69, 9.17) is 14.3 Å². The molecular formula is C12H15NO5. The SMILES string of the molecule is O=C(O)[C@H]1COCCN1C(=O)CCc1ccoc1. The Morgan fingerprint density at radius 2 is 2.33 bits per heavy atom. The van der Waals surface area contributed by atoms with E-state index in [1.165, 1.54) is 4.90 Å². The molecule has 0 saturated carbocycles. The van der Waals surface area contributed by atoms with E-state index in [0.717, 1.165) is 5.56 Å². The van der Waals surface area contributed by atoms with Crippen LogP contribution in [0.25, 0.3) is 0 Å². The summed E-state index contributed by atoms with van der Waals surface area (Å²) in [5.74, 6) is -1.18. The number of hydrogen-bond donors (Lipinski definition) is 1. The van der Waals surface area contributed by atoms with Crippen LogP contribution in [-0.2, 0) is 20.7 Å². The molecule has 1 amide bonds. The Hall–Kier alpha value is -1.82. The lowest BCUT2D eigenvalue weighted by atomic mass is 10.1. The molecule has 1 aromatic rings. The molecule has 2 heterocycles. The molecule has 0 bridgehead atoms. The van der Waals surface area contributed by atoms with Crippen molar-refractivity contribution in [3.05, 3.63) is 24.2 Å². The van der Waals surface area contributed by atoms with Crippen molar-refractivity contribution >= 4 is 11.9 Å². The first-order chi connectivity index (χ1) is 8.68. The van der Waals surface area contributed by atoms with Gasteiger partial charge < -0.3 is 19.2 Å². The van der Waals surface area contributed by atoms with Gasteiger partial charge in [0.15, 0.2) is 6.04 Å². The normalized spacial score (nSPS) is 19.8. The van der Waals surface area contributed by atoms with Gasteiger partial charge in [0, 0.05) is 13.0 Å². The van der Waals surface area contributed by atoms with Gasteiger partial charge in [-0.1, -0.05) is 0 Å². The Morgan fingerprint density at radius 3 is 3.00 bits per heavy atom. The number of carbonyl (C=O) groups excluding carboxylic acids is 1. The summed E-state index contributed by atoms with van der Waals surface area (Å²) in [5.41, 5.74) is 0.934. The topological polar surface area (TPSA) is 80.0 Å². The van der Waals surface area contributed by atoms with Crippen LogP contribution in [0.1, 0.15) is 12.0 Å². The van der Waals surface area contributed by atoms with Crippen molar-refractivity contribution in [2.24, 2.45) is 0 Å². The van der Waals surface area contributed by atoms with E-state index in [1.807, 2.05) is 0 Å². The Balaban J connectivity index is 1.92. The van der Waals surface area contributed by atoms with Gasteiger partial charge in [0.25, 0.3) is 0 Å². The van der Waals surface area contributed by atoms with Gasteiger partial charge in [-0.25, -0.2) is 4.79 Å². The molecule has 18 heavy (non-hydrogen) atoms. The lowest BCUT2D eigenvalue weighted by molar-refractivity contribution is -0.158. The molecule has 1 N–H and O–H groups in total. The minimum atomic E-state index is -1.02. The molecule has 1 aromatic heterocycles. The number of hydrogen-bond acceptors (Lipinski definition) is 4. The number of aryl methyl sites for hydroxylation is 1. The maximum absolute atomic E-state index is 12.0. The third-order valence-corrected chi connectivity index (χ3v) is 2.94. The van der Waals surface area contributed by atoms with Crippen LogP contribution in [0.2, 0.25) is 0 Å². The lowest BCUT2D eigenvalue weighted by Gasteiger charge is -2.32. The molecule has 1 fully saturated rings. The van der Waals surface area contributed by atoms with Crippen LogP contribution in [0, 0.1) is 0 Å². The Bertz CT molecular complexity index is 414. The number of rotatable bonds is 4. The van der Waals surface area contributed by atoms with Gasteiger partial charge in [-0.2, -0.15) is 0 Å². The minimum absolute atomic E-state index is 0.0623. The summed E-state index contributed by atoms with van der Waals surface area (Å²) in [6.07, 6.45) is 3.97. The number of nitrogens with zero attached hydrogens (tertiary/aromatic N) is 1. The molecule has 98 valence electrons. The van der Waals surface area contributed by atoms with E-state index >= 15 is 0 Å². The first-order valence-electron chi connectivity index (χ1n) is 5.79. The highest BCUT2D eigenvalue weighted by atomic mass is 16.5. The van der Waals surface area contributed by atoms with Crippen molar-refractivity contribution < 1.29 is 23.8 Å². The van der Waals surface area contributed by atoms with Gasteiger partial charge in [-0.15, -0.1) is 0 Å². The predicted octanol–water partition coefficient (Wildman–Crippen LogP) is 0.524. The molecule has 0 aliphatic carbocycles. The molecule has 6 nitrogen and oxygen atoms in total. The van der Waals surface area contributed by atoms with Crippen molar-refractivity contribution in [1.82, 2.24) is 4.90 Å². The fraction of sp³-hybridized carbons (Fsp3) is 0.500. The van der Waals surface area contributed by atoms with Gasteiger partial charge >= 0.3 is 5.97 Å². The Morgan fingerprint density at radius 1 is 1.50 bits per heavy atom. The maximum atomic E-state index is 12.0. The predicted molar refractivity (Wildman–Crippen MR) is 61.0 cm³/mol. The third kappa shape index (κ3) is 2.89. The summed E-state index contributed by atoms with van der Waals surface area (Å²) in [7, 11) is 0. The highest BCUT2D eigenvalue weighted by Gasteiger charge is 2.32. The van der Waals surface area contributed by atoms with Gasteiger partial charge in [-0.05, 0) is 18.1 Å². The van der Waals surface area contributed by atoms with Crippen molar-refractivity contribution in [3.8, 4) is 0 Å². The Labute approximate surface area is 104 Å². The zero-order valence-corrected chi connectivity index (χ0v) is 9.87. The van der Waals surface area contributed by atoms with Gasteiger partial charge in [0.1, 0.15) is 0 Å². The van der Waals surface area contributed by atoms with E-state index in [0.29, 0.717) is 19.6 Å². The average Bonchev–Trinajstić information content (AvgIpc) is 2.89. The molecule has 2 rings (SSSR count). The van der Waals surface area contributed by atoms with Crippen molar-refractivity contribution in [3.63, 3.8) is 0 Å². The number of carboxylic acid groups (broad SMARTS) is 1. The number of furan rings is 1. The molecule has 0 unspecified atom stereocenters. The molecule has 1 aliphatic heterocycles. The second-order valence-corrected chi connectivity index (χ2v) is 4.15. The summed E-state index contributed by atoms with van der Waals surface area (Å²) in [6, 6.07) is 0.928. The Kier molecular flexibility index (Phi) is 3.99. The van der Waals surface area contributed by atoms with E-state index < -0.39 is 12.0 Å². The zero-order valence-electron chi connectivity index (χ0n) is 9.87. The number of morpholine rings is 1. The van der Waals surface area contributed by atoms with E-state index in [-0.39, 0.29) is 18.9 Å². The monoisotopic (exact) mass is 253 g/mol. The van der Waals surface area contributed by atoms with Crippen LogP contribution in [0.15, 0.2) is 23.0 Å². The summed E-state index contributed by atoms with van der Waals surface area (Å²) in [5, 5.41) is 9.02. The number of amides is 1. The molecule has 6 heteroatoms. The number of carboxylic acids is 1. The number of aliphatic carboxylic acids is 1. The summed E-state index contributed by atoms with van der Waals surface area (Å²) < 4.78 is 10.00. The lowest BCUT2D eigenvalue weighted by Crippen LogP contribution is -2.52. The van der Waals surface area contributed by atoms with Crippen LogP contribution in [-0.4, -0.2) is 47.7 Å². The minimum Gasteiger partial charge on any atom is -0.480 e. The number of carbonyl (C=O) groups is 2. The standard InChI is InChI=1S/C12H15NO5/c14-11(2-1-9-3-5-17-7-9)13-4-6-18-8-10(13)12(15)16/h3,5,7,10H,1-2,4,6,8H2,(H,15,16)/t10-/m1/s1. The van der Waals surface area contributed by atoms with Crippen LogP contribution in [0.3, 0.4) is 0 Å². The van der Waals surface area contributed by atoms with Gasteiger partial charge in [-0.3, -0.25) is 4.79 Å².